The summed E-state index contributed by atoms with van der Waals surface area (Å²) in [5.41, 5.74) is 1.05. The van der Waals surface area contributed by atoms with E-state index in [9.17, 15) is 9.59 Å². The molecule has 1 aliphatic rings. The van der Waals surface area contributed by atoms with Gasteiger partial charge in [0.15, 0.2) is 0 Å². The molecule has 0 bridgehead atoms. The van der Waals surface area contributed by atoms with Crippen LogP contribution in [-0.4, -0.2) is 43.5 Å². The molecule has 0 spiro atoms. The van der Waals surface area contributed by atoms with E-state index in [-0.39, 0.29) is 24.2 Å². The zero-order chi connectivity index (χ0) is 15.2. The lowest BCUT2D eigenvalue weighted by Gasteiger charge is -2.15. The van der Waals surface area contributed by atoms with E-state index in [0.29, 0.717) is 30.9 Å². The van der Waals surface area contributed by atoms with Gasteiger partial charge >= 0.3 is 0 Å². The van der Waals surface area contributed by atoms with Crippen LogP contribution in [-0.2, 0) is 14.3 Å². The summed E-state index contributed by atoms with van der Waals surface area (Å²) in [6, 6.07) is 8.72. The maximum atomic E-state index is 12.2. The molecule has 0 saturated carbocycles. The standard InChI is InChI=1S/C15H17N3O3/c1-21-6-5-18-10-12(8-14(18)19)15(20)17-13-4-2-3-11(7-13)9-16/h2-4,7,12H,5-6,8,10H2,1H3,(H,17,20). The Bertz CT molecular complexity index is 580. The van der Waals surface area contributed by atoms with Gasteiger partial charge in [0.05, 0.1) is 24.2 Å². The number of ether oxygens (including phenoxy) is 1. The van der Waals surface area contributed by atoms with Gasteiger partial charge in [0.25, 0.3) is 0 Å². The molecule has 6 heteroatoms. The number of amides is 2. The van der Waals surface area contributed by atoms with Crippen molar-refractivity contribution in [1.82, 2.24) is 4.90 Å². The molecule has 2 rings (SSSR count). The lowest BCUT2D eigenvalue weighted by Crippen LogP contribution is -2.30. The number of hydrogen-bond donors (Lipinski definition) is 1. The van der Waals surface area contributed by atoms with Crippen molar-refractivity contribution >= 4 is 17.5 Å². The molecule has 1 heterocycles. The van der Waals surface area contributed by atoms with Crippen molar-refractivity contribution in [3.8, 4) is 6.07 Å². The summed E-state index contributed by atoms with van der Waals surface area (Å²) < 4.78 is 4.94. The third-order valence-corrected chi connectivity index (χ3v) is 3.41. The predicted molar refractivity (Wildman–Crippen MR) is 76.3 cm³/mol. The summed E-state index contributed by atoms with van der Waals surface area (Å²) >= 11 is 0. The Balaban J connectivity index is 1.95. The lowest BCUT2D eigenvalue weighted by molar-refractivity contribution is -0.128. The summed E-state index contributed by atoms with van der Waals surface area (Å²) in [4.78, 5) is 25.6. The third-order valence-electron chi connectivity index (χ3n) is 3.41. The molecular weight excluding hydrogens is 270 g/mol. The number of rotatable bonds is 5. The molecule has 1 N–H and O–H groups in total. The Morgan fingerprint density at radius 3 is 3.10 bits per heavy atom. The van der Waals surface area contributed by atoms with E-state index in [1.807, 2.05) is 6.07 Å². The van der Waals surface area contributed by atoms with Gasteiger partial charge in [-0.2, -0.15) is 5.26 Å². The summed E-state index contributed by atoms with van der Waals surface area (Å²) in [7, 11) is 1.58. The van der Waals surface area contributed by atoms with Crippen LogP contribution in [0.15, 0.2) is 24.3 Å². The third kappa shape index (κ3) is 3.80. The van der Waals surface area contributed by atoms with Crippen LogP contribution in [0, 0.1) is 17.2 Å². The minimum Gasteiger partial charge on any atom is -0.383 e. The van der Waals surface area contributed by atoms with Gasteiger partial charge in [-0.1, -0.05) is 6.07 Å². The Morgan fingerprint density at radius 1 is 1.57 bits per heavy atom. The Morgan fingerprint density at radius 2 is 2.38 bits per heavy atom. The maximum absolute atomic E-state index is 12.2. The molecule has 0 aliphatic carbocycles. The maximum Gasteiger partial charge on any atom is 0.229 e. The van der Waals surface area contributed by atoms with Gasteiger partial charge in [-0.15, -0.1) is 0 Å². The van der Waals surface area contributed by atoms with E-state index in [1.165, 1.54) is 0 Å². The molecule has 21 heavy (non-hydrogen) atoms. The summed E-state index contributed by atoms with van der Waals surface area (Å²) in [5.74, 6) is -0.587. The molecule has 0 radical (unpaired) electrons. The monoisotopic (exact) mass is 287 g/mol. The van der Waals surface area contributed by atoms with E-state index >= 15 is 0 Å². The van der Waals surface area contributed by atoms with Crippen LogP contribution >= 0.6 is 0 Å². The van der Waals surface area contributed by atoms with Crippen molar-refractivity contribution in [3.63, 3.8) is 0 Å². The number of hydrogen-bond acceptors (Lipinski definition) is 4. The zero-order valence-corrected chi connectivity index (χ0v) is 11.8. The van der Waals surface area contributed by atoms with Crippen LogP contribution in [0.4, 0.5) is 5.69 Å². The molecule has 1 atom stereocenters. The molecule has 1 aromatic rings. The van der Waals surface area contributed by atoms with Crippen LogP contribution < -0.4 is 5.32 Å². The fourth-order valence-electron chi connectivity index (χ4n) is 2.28. The molecule has 1 aromatic carbocycles. The second-order valence-electron chi connectivity index (χ2n) is 4.92. The highest BCUT2D eigenvalue weighted by molar-refractivity contribution is 5.97. The molecule has 2 amide bonds. The average molecular weight is 287 g/mol. The molecule has 1 unspecified atom stereocenters. The summed E-state index contributed by atoms with van der Waals surface area (Å²) in [5, 5.41) is 11.6. The number of carbonyl (C=O) groups is 2. The average Bonchev–Trinajstić information content (AvgIpc) is 2.86. The van der Waals surface area contributed by atoms with Gasteiger partial charge in [0.2, 0.25) is 11.8 Å². The van der Waals surface area contributed by atoms with E-state index in [2.05, 4.69) is 5.32 Å². The number of methoxy groups -OCH3 is 1. The molecule has 0 aromatic heterocycles. The van der Waals surface area contributed by atoms with Crippen LogP contribution in [0.1, 0.15) is 12.0 Å². The first-order valence-electron chi connectivity index (χ1n) is 6.71. The van der Waals surface area contributed by atoms with E-state index in [4.69, 9.17) is 10.00 Å². The Labute approximate surface area is 123 Å². The summed E-state index contributed by atoms with van der Waals surface area (Å²) in [6.45, 7) is 1.37. The highest BCUT2D eigenvalue weighted by Gasteiger charge is 2.33. The first-order valence-corrected chi connectivity index (χ1v) is 6.71. The number of benzene rings is 1. The van der Waals surface area contributed by atoms with Gasteiger partial charge < -0.3 is 15.0 Å². The van der Waals surface area contributed by atoms with Crippen LogP contribution in [0.3, 0.4) is 0 Å². The van der Waals surface area contributed by atoms with Crippen molar-refractivity contribution in [2.75, 3.05) is 32.1 Å². The molecule has 1 fully saturated rings. The lowest BCUT2D eigenvalue weighted by atomic mass is 10.1. The fourth-order valence-corrected chi connectivity index (χ4v) is 2.28. The smallest absolute Gasteiger partial charge is 0.229 e. The first kappa shape index (κ1) is 15.0. The quantitative estimate of drug-likeness (QED) is 0.875. The normalized spacial score (nSPS) is 17.6. The van der Waals surface area contributed by atoms with E-state index < -0.39 is 0 Å². The van der Waals surface area contributed by atoms with Crippen LogP contribution in [0.5, 0.6) is 0 Å². The number of likely N-dealkylation sites (tertiary alicyclic amines) is 1. The van der Waals surface area contributed by atoms with Gasteiger partial charge in [0.1, 0.15) is 0 Å². The summed E-state index contributed by atoms with van der Waals surface area (Å²) in [6.07, 6.45) is 0.216. The Hall–Kier alpha value is -2.39. The molecule has 110 valence electrons. The number of nitrogens with zero attached hydrogens (tertiary/aromatic N) is 2. The minimum atomic E-state index is -0.361. The minimum absolute atomic E-state index is 0.0297. The topological polar surface area (TPSA) is 82.4 Å². The molecular formula is C15H17N3O3. The predicted octanol–water partition coefficient (Wildman–Crippen LogP) is 0.992. The van der Waals surface area contributed by atoms with Crippen molar-refractivity contribution in [1.29, 1.82) is 5.26 Å². The largest absolute Gasteiger partial charge is 0.383 e. The Kier molecular flexibility index (Phi) is 4.90. The van der Waals surface area contributed by atoms with Crippen molar-refractivity contribution in [2.45, 2.75) is 6.42 Å². The van der Waals surface area contributed by atoms with Gasteiger partial charge in [-0.3, -0.25) is 9.59 Å². The molecule has 1 saturated heterocycles. The van der Waals surface area contributed by atoms with Crippen molar-refractivity contribution < 1.29 is 14.3 Å². The second-order valence-corrected chi connectivity index (χ2v) is 4.92. The number of nitriles is 1. The highest BCUT2D eigenvalue weighted by Crippen LogP contribution is 2.20. The van der Waals surface area contributed by atoms with Crippen molar-refractivity contribution in [3.05, 3.63) is 29.8 Å². The van der Waals surface area contributed by atoms with Crippen LogP contribution in [0.25, 0.3) is 0 Å². The zero-order valence-electron chi connectivity index (χ0n) is 11.8. The highest BCUT2D eigenvalue weighted by atomic mass is 16.5. The second kappa shape index (κ2) is 6.86. The van der Waals surface area contributed by atoms with E-state index in [0.717, 1.165) is 0 Å². The number of carbonyl (C=O) groups excluding carboxylic acids is 2. The van der Waals surface area contributed by atoms with Crippen molar-refractivity contribution in [2.24, 2.45) is 5.92 Å². The molecule has 1 aliphatic heterocycles. The van der Waals surface area contributed by atoms with Gasteiger partial charge in [0, 0.05) is 32.3 Å². The van der Waals surface area contributed by atoms with E-state index in [1.54, 1.807) is 36.3 Å². The van der Waals surface area contributed by atoms with Gasteiger partial charge in [-0.25, -0.2) is 0 Å². The fraction of sp³-hybridized carbons (Fsp3) is 0.400. The number of nitrogens with one attached hydrogen (secondary N) is 1. The van der Waals surface area contributed by atoms with Crippen LogP contribution in [0.2, 0.25) is 0 Å². The molecule has 6 nitrogen and oxygen atoms in total. The van der Waals surface area contributed by atoms with Gasteiger partial charge in [-0.05, 0) is 18.2 Å². The first-order chi connectivity index (χ1) is 10.1. The number of anilines is 1. The SMILES string of the molecule is COCCN1CC(C(=O)Nc2cccc(C#N)c2)CC1=O.